The smallest absolute Gasteiger partial charge is 0.260 e. The van der Waals surface area contributed by atoms with E-state index in [0.717, 1.165) is 5.56 Å². The number of H-pyrrole nitrogens is 1. The quantitative estimate of drug-likeness (QED) is 0.578. The molecule has 0 radical (unpaired) electrons. The van der Waals surface area contributed by atoms with E-state index in [1.54, 1.807) is 34.7 Å². The Bertz CT molecular complexity index is 1280. The van der Waals surface area contributed by atoms with Gasteiger partial charge < -0.3 is 14.5 Å². The van der Waals surface area contributed by atoms with Crippen molar-refractivity contribution in [2.24, 2.45) is 0 Å². The van der Waals surface area contributed by atoms with Gasteiger partial charge in [0.25, 0.3) is 5.56 Å². The fourth-order valence-electron chi connectivity index (χ4n) is 3.64. The van der Waals surface area contributed by atoms with Crippen LogP contribution in [0.15, 0.2) is 54.0 Å². The first-order chi connectivity index (χ1) is 14.0. The molecule has 1 fully saturated rings. The first-order valence-corrected chi connectivity index (χ1v) is 9.16. The van der Waals surface area contributed by atoms with Crippen LogP contribution >= 0.6 is 0 Å². The van der Waals surface area contributed by atoms with Gasteiger partial charge in [-0.1, -0.05) is 0 Å². The molecule has 29 heavy (non-hydrogen) atoms. The molecule has 0 bridgehead atoms. The second-order valence-electron chi connectivity index (χ2n) is 7.11. The van der Waals surface area contributed by atoms with Gasteiger partial charge in [0, 0.05) is 49.2 Å². The zero-order valence-corrected chi connectivity index (χ0v) is 15.5. The van der Waals surface area contributed by atoms with Crippen LogP contribution in [0, 0.1) is 5.82 Å². The molecule has 5 rings (SSSR count). The van der Waals surface area contributed by atoms with Crippen molar-refractivity contribution in [3.8, 4) is 16.8 Å². The average Bonchev–Trinajstić information content (AvgIpc) is 3.27. The van der Waals surface area contributed by atoms with Crippen molar-refractivity contribution in [3.05, 3.63) is 65.4 Å². The van der Waals surface area contributed by atoms with Crippen molar-refractivity contribution < 1.29 is 9.18 Å². The number of aromatic amines is 1. The molecule has 1 aliphatic rings. The predicted molar refractivity (Wildman–Crippen MR) is 104 cm³/mol. The zero-order chi connectivity index (χ0) is 20.1. The lowest BCUT2D eigenvalue weighted by atomic mass is 10.1. The van der Waals surface area contributed by atoms with Crippen LogP contribution in [0.3, 0.4) is 0 Å². The standard InChI is InChI=1S/C20H17FN6O2/c1-12(28)25-8-16(9-25)27-7-13(6-24-27)17-10-26(15-4-2-14(21)3-5-15)19-18(17)20(29)23-11-22-19/h2-7,10-11,16H,8-9H2,1H3,(H,22,23,29). The Hall–Kier alpha value is -3.75. The lowest BCUT2D eigenvalue weighted by molar-refractivity contribution is -0.134. The zero-order valence-electron chi connectivity index (χ0n) is 15.5. The summed E-state index contributed by atoms with van der Waals surface area (Å²) < 4.78 is 16.9. The Balaban J connectivity index is 1.58. The number of nitrogens with one attached hydrogen (secondary N) is 1. The van der Waals surface area contributed by atoms with Gasteiger partial charge in [-0.3, -0.25) is 14.3 Å². The Morgan fingerprint density at radius 1 is 1.21 bits per heavy atom. The maximum absolute atomic E-state index is 13.3. The summed E-state index contributed by atoms with van der Waals surface area (Å²) in [5.74, 6) is -0.286. The molecule has 1 saturated heterocycles. The molecule has 1 amide bonds. The van der Waals surface area contributed by atoms with Crippen LogP contribution in [0.2, 0.25) is 0 Å². The lowest BCUT2D eigenvalue weighted by Crippen LogP contribution is -2.49. The fourth-order valence-corrected chi connectivity index (χ4v) is 3.64. The Morgan fingerprint density at radius 2 is 1.97 bits per heavy atom. The highest BCUT2D eigenvalue weighted by molar-refractivity contribution is 5.94. The molecule has 0 saturated carbocycles. The molecule has 4 heterocycles. The Labute approximate surface area is 164 Å². The van der Waals surface area contributed by atoms with E-state index in [9.17, 15) is 14.0 Å². The van der Waals surface area contributed by atoms with Crippen LogP contribution in [0.25, 0.3) is 27.8 Å². The number of rotatable bonds is 3. The van der Waals surface area contributed by atoms with Gasteiger partial charge in [0.05, 0.1) is 24.0 Å². The number of aromatic nitrogens is 5. The largest absolute Gasteiger partial charge is 0.339 e. The molecule has 146 valence electrons. The van der Waals surface area contributed by atoms with Gasteiger partial charge in [-0.05, 0) is 24.3 Å². The summed E-state index contributed by atoms with van der Waals surface area (Å²) in [6.45, 7) is 2.79. The van der Waals surface area contributed by atoms with Gasteiger partial charge in [-0.2, -0.15) is 5.10 Å². The van der Waals surface area contributed by atoms with Gasteiger partial charge in [-0.15, -0.1) is 0 Å². The predicted octanol–water partition coefficient (Wildman–Crippen LogP) is 2.12. The minimum atomic E-state index is -0.336. The van der Waals surface area contributed by atoms with Gasteiger partial charge in [0.2, 0.25) is 5.91 Å². The SMILES string of the molecule is CC(=O)N1CC(n2cc(-c3cn(-c4ccc(F)cc4)c4nc[nH]c(=O)c34)cn2)C1. The summed E-state index contributed by atoms with van der Waals surface area (Å²) in [7, 11) is 0. The van der Waals surface area contributed by atoms with E-state index in [4.69, 9.17) is 0 Å². The molecule has 0 spiro atoms. The van der Waals surface area contributed by atoms with Gasteiger partial charge in [0.15, 0.2) is 5.65 Å². The number of likely N-dealkylation sites (tertiary alicyclic amines) is 1. The van der Waals surface area contributed by atoms with Crippen LogP contribution in [0.5, 0.6) is 0 Å². The van der Waals surface area contributed by atoms with Crippen LogP contribution in [-0.4, -0.2) is 48.2 Å². The molecule has 1 aromatic carbocycles. The van der Waals surface area contributed by atoms with E-state index < -0.39 is 0 Å². The first-order valence-electron chi connectivity index (χ1n) is 9.16. The molecule has 1 N–H and O–H groups in total. The van der Waals surface area contributed by atoms with Gasteiger partial charge in [0.1, 0.15) is 5.82 Å². The second-order valence-corrected chi connectivity index (χ2v) is 7.11. The van der Waals surface area contributed by atoms with E-state index in [0.29, 0.717) is 35.4 Å². The minimum absolute atomic E-state index is 0.0496. The molecular formula is C20H17FN6O2. The van der Waals surface area contributed by atoms with Crippen LogP contribution in [-0.2, 0) is 4.79 Å². The van der Waals surface area contributed by atoms with Gasteiger partial charge >= 0.3 is 0 Å². The van der Waals surface area contributed by atoms with Crippen molar-refractivity contribution in [1.29, 1.82) is 0 Å². The van der Waals surface area contributed by atoms with Crippen LogP contribution < -0.4 is 5.56 Å². The Morgan fingerprint density at radius 3 is 2.69 bits per heavy atom. The topological polar surface area (TPSA) is 88.8 Å². The average molecular weight is 392 g/mol. The van der Waals surface area contributed by atoms with E-state index in [2.05, 4.69) is 15.1 Å². The number of hydrogen-bond donors (Lipinski definition) is 1. The highest BCUT2D eigenvalue weighted by atomic mass is 19.1. The number of halogens is 1. The Kier molecular flexibility index (Phi) is 3.83. The molecule has 0 atom stereocenters. The lowest BCUT2D eigenvalue weighted by Gasteiger charge is -2.38. The highest BCUT2D eigenvalue weighted by Gasteiger charge is 2.30. The third-order valence-electron chi connectivity index (χ3n) is 5.29. The van der Waals surface area contributed by atoms with E-state index >= 15 is 0 Å². The summed E-state index contributed by atoms with van der Waals surface area (Å²) >= 11 is 0. The fraction of sp³-hybridized carbons (Fsp3) is 0.200. The monoisotopic (exact) mass is 392 g/mol. The van der Waals surface area contributed by atoms with Crippen molar-refractivity contribution in [2.75, 3.05) is 13.1 Å². The number of hydrogen-bond acceptors (Lipinski definition) is 4. The number of amides is 1. The van der Waals surface area contributed by atoms with E-state index in [1.807, 2.05) is 17.1 Å². The van der Waals surface area contributed by atoms with E-state index in [1.165, 1.54) is 18.5 Å². The van der Waals surface area contributed by atoms with Crippen molar-refractivity contribution in [2.45, 2.75) is 13.0 Å². The summed E-state index contributed by atoms with van der Waals surface area (Å²) in [5, 5.41) is 4.87. The molecule has 0 unspecified atom stereocenters. The molecule has 0 aliphatic carbocycles. The molecular weight excluding hydrogens is 375 g/mol. The summed E-state index contributed by atoms with van der Waals surface area (Å²) in [4.78, 5) is 32.7. The first kappa shape index (κ1) is 17.4. The van der Waals surface area contributed by atoms with Crippen LogP contribution in [0.1, 0.15) is 13.0 Å². The van der Waals surface area contributed by atoms with Crippen molar-refractivity contribution in [3.63, 3.8) is 0 Å². The summed E-state index contributed by atoms with van der Waals surface area (Å²) in [6, 6.07) is 6.12. The number of fused-ring (bicyclic) bond motifs is 1. The molecule has 1 aliphatic heterocycles. The normalized spacial score (nSPS) is 14.3. The summed E-state index contributed by atoms with van der Waals surface area (Å²) in [5.41, 5.74) is 2.38. The van der Waals surface area contributed by atoms with Gasteiger partial charge in [-0.25, -0.2) is 9.37 Å². The van der Waals surface area contributed by atoms with Crippen molar-refractivity contribution >= 4 is 16.9 Å². The molecule has 8 nitrogen and oxygen atoms in total. The number of benzene rings is 1. The molecule has 4 aromatic rings. The van der Waals surface area contributed by atoms with Crippen LogP contribution in [0.4, 0.5) is 4.39 Å². The number of carbonyl (C=O) groups excluding carboxylic acids is 1. The third-order valence-corrected chi connectivity index (χ3v) is 5.29. The van der Waals surface area contributed by atoms with Crippen molar-refractivity contribution in [1.82, 2.24) is 29.2 Å². The third kappa shape index (κ3) is 2.82. The highest BCUT2D eigenvalue weighted by Crippen LogP contribution is 2.31. The maximum Gasteiger partial charge on any atom is 0.260 e. The number of nitrogens with zero attached hydrogens (tertiary/aromatic N) is 5. The minimum Gasteiger partial charge on any atom is -0.339 e. The van der Waals surface area contributed by atoms with E-state index in [-0.39, 0.29) is 23.3 Å². The molecule has 9 heteroatoms. The number of carbonyl (C=O) groups is 1. The maximum atomic E-state index is 13.3. The molecule has 3 aromatic heterocycles. The second kappa shape index (κ2) is 6.40. The summed E-state index contributed by atoms with van der Waals surface area (Å²) in [6.07, 6.45) is 6.73.